The van der Waals surface area contributed by atoms with Crippen LogP contribution in [0.25, 0.3) is 12.2 Å². The standard InChI is InChI=1S/C31H29NO4S/c1-25-12-18-30(19-13-25)37(35,36)31(24-32,22-20-28(33)16-14-26-8-4-2-5-9-26)23-21-29(34)17-15-27-10-6-3-7-11-27/h2-19H,20-23H2,1H3/b16-14-,17-15+. The van der Waals surface area contributed by atoms with E-state index >= 15 is 0 Å². The topological polar surface area (TPSA) is 92.1 Å². The van der Waals surface area contributed by atoms with Crippen molar-refractivity contribution in [3.8, 4) is 6.07 Å². The van der Waals surface area contributed by atoms with Gasteiger partial charge in [0.15, 0.2) is 26.2 Å². The number of ketones is 2. The van der Waals surface area contributed by atoms with Crippen LogP contribution < -0.4 is 0 Å². The lowest BCUT2D eigenvalue weighted by atomic mass is 9.95. The fraction of sp³-hybridized carbons (Fsp3) is 0.194. The number of carbonyl (C=O) groups excluding carboxylic acids is 2. The molecule has 3 aromatic carbocycles. The van der Waals surface area contributed by atoms with Crippen molar-refractivity contribution in [2.75, 3.05) is 0 Å². The monoisotopic (exact) mass is 511 g/mol. The van der Waals surface area contributed by atoms with Crippen molar-refractivity contribution in [1.29, 1.82) is 5.26 Å². The number of carbonyl (C=O) groups is 2. The van der Waals surface area contributed by atoms with E-state index in [1.54, 1.807) is 24.3 Å². The summed E-state index contributed by atoms with van der Waals surface area (Å²) < 4.78 is 25.5. The number of nitrogens with zero attached hydrogens (tertiary/aromatic N) is 1. The number of allylic oxidation sites excluding steroid dienone is 2. The van der Waals surface area contributed by atoms with Crippen molar-refractivity contribution in [2.45, 2.75) is 42.2 Å². The Morgan fingerprint density at radius 2 is 1.19 bits per heavy atom. The third-order valence-electron chi connectivity index (χ3n) is 6.12. The van der Waals surface area contributed by atoms with Gasteiger partial charge in [-0.25, -0.2) is 8.42 Å². The predicted molar refractivity (Wildman–Crippen MR) is 146 cm³/mol. The van der Waals surface area contributed by atoms with E-state index in [-0.39, 0.29) is 42.1 Å². The molecule has 0 saturated heterocycles. The second-order valence-corrected chi connectivity index (χ2v) is 11.1. The maximum atomic E-state index is 13.7. The van der Waals surface area contributed by atoms with E-state index in [0.717, 1.165) is 16.7 Å². The van der Waals surface area contributed by atoms with Crippen molar-refractivity contribution < 1.29 is 18.0 Å². The summed E-state index contributed by atoms with van der Waals surface area (Å²) in [5.74, 6) is -0.587. The van der Waals surface area contributed by atoms with Gasteiger partial charge in [0.1, 0.15) is 0 Å². The van der Waals surface area contributed by atoms with E-state index in [4.69, 9.17) is 0 Å². The van der Waals surface area contributed by atoms with Crippen LogP contribution in [-0.2, 0) is 19.4 Å². The van der Waals surface area contributed by atoms with Gasteiger partial charge in [-0.15, -0.1) is 0 Å². The summed E-state index contributed by atoms with van der Waals surface area (Å²) in [4.78, 5) is 25.2. The van der Waals surface area contributed by atoms with Gasteiger partial charge in [0, 0.05) is 12.8 Å². The van der Waals surface area contributed by atoms with E-state index in [9.17, 15) is 23.3 Å². The Balaban J connectivity index is 1.82. The van der Waals surface area contributed by atoms with Crippen LogP contribution >= 0.6 is 0 Å². The molecule has 1 atom stereocenters. The Bertz CT molecular complexity index is 1350. The van der Waals surface area contributed by atoms with Gasteiger partial charge in [0.2, 0.25) is 0 Å². The van der Waals surface area contributed by atoms with E-state index in [0.29, 0.717) is 0 Å². The molecule has 0 aliphatic rings. The van der Waals surface area contributed by atoms with Crippen LogP contribution in [0.1, 0.15) is 42.4 Å². The Hall–Kier alpha value is -4.08. The number of benzene rings is 3. The van der Waals surface area contributed by atoms with Gasteiger partial charge < -0.3 is 0 Å². The molecule has 3 aromatic rings. The van der Waals surface area contributed by atoms with Gasteiger partial charge in [-0.1, -0.05) is 90.5 Å². The first-order chi connectivity index (χ1) is 17.8. The zero-order valence-corrected chi connectivity index (χ0v) is 21.5. The first kappa shape index (κ1) is 27.5. The van der Waals surface area contributed by atoms with E-state index in [2.05, 4.69) is 0 Å². The molecule has 0 aliphatic heterocycles. The highest BCUT2D eigenvalue weighted by molar-refractivity contribution is 7.93. The molecule has 0 amide bonds. The van der Waals surface area contributed by atoms with E-state index < -0.39 is 14.6 Å². The largest absolute Gasteiger partial charge is 0.295 e. The molecule has 0 saturated carbocycles. The SMILES string of the molecule is Cc1ccc(S(=O)(=O)C(C#N)(CCC(=O)/C=C\c2ccccc2)CCC(=O)/C=C/c2ccccc2)cc1. The van der Waals surface area contributed by atoms with Gasteiger partial charge in [0.25, 0.3) is 0 Å². The first-order valence-corrected chi connectivity index (χ1v) is 13.5. The summed E-state index contributed by atoms with van der Waals surface area (Å²) in [6, 6.07) is 26.8. The van der Waals surface area contributed by atoms with Crippen LogP contribution in [-0.4, -0.2) is 24.7 Å². The smallest absolute Gasteiger partial charge is 0.197 e. The molecule has 188 valence electrons. The fourth-order valence-corrected chi connectivity index (χ4v) is 5.64. The zero-order chi connectivity index (χ0) is 26.7. The van der Waals surface area contributed by atoms with Crippen molar-refractivity contribution in [1.82, 2.24) is 0 Å². The van der Waals surface area contributed by atoms with E-state index in [1.165, 1.54) is 24.3 Å². The average molecular weight is 512 g/mol. The van der Waals surface area contributed by atoms with Crippen molar-refractivity contribution in [2.24, 2.45) is 0 Å². The van der Waals surface area contributed by atoms with Crippen LogP contribution in [0.5, 0.6) is 0 Å². The number of aryl methyl sites for hydroxylation is 1. The van der Waals surface area contributed by atoms with E-state index in [1.807, 2.05) is 73.7 Å². The summed E-state index contributed by atoms with van der Waals surface area (Å²) >= 11 is 0. The van der Waals surface area contributed by atoms with Gasteiger partial charge in [-0.05, 0) is 55.2 Å². The van der Waals surface area contributed by atoms with Crippen molar-refractivity contribution in [3.63, 3.8) is 0 Å². The maximum absolute atomic E-state index is 13.7. The molecule has 3 rings (SSSR count). The lowest BCUT2D eigenvalue weighted by Crippen LogP contribution is -2.38. The molecule has 0 bridgehead atoms. The van der Waals surface area contributed by atoms with Crippen LogP contribution in [0.3, 0.4) is 0 Å². The highest BCUT2D eigenvalue weighted by Gasteiger charge is 2.45. The van der Waals surface area contributed by atoms with Crippen LogP contribution in [0.15, 0.2) is 102 Å². The minimum absolute atomic E-state index is 0.000738. The highest BCUT2D eigenvalue weighted by atomic mass is 32.2. The quantitative estimate of drug-likeness (QED) is 0.272. The molecule has 0 fully saturated rings. The summed E-state index contributed by atoms with van der Waals surface area (Å²) in [6.45, 7) is 1.84. The Morgan fingerprint density at radius 1 is 0.757 bits per heavy atom. The molecule has 0 heterocycles. The summed E-state index contributed by atoms with van der Waals surface area (Å²) in [6.07, 6.45) is 5.38. The van der Waals surface area contributed by atoms with Gasteiger partial charge in [-0.2, -0.15) is 5.26 Å². The molecule has 37 heavy (non-hydrogen) atoms. The zero-order valence-electron chi connectivity index (χ0n) is 20.7. The normalized spacial score (nSPS) is 13.3. The first-order valence-electron chi connectivity index (χ1n) is 12.0. The molecule has 0 aliphatic carbocycles. The van der Waals surface area contributed by atoms with Crippen LogP contribution in [0, 0.1) is 18.3 Å². The minimum atomic E-state index is -4.17. The Kier molecular flexibility index (Phi) is 9.48. The number of nitriles is 1. The van der Waals surface area contributed by atoms with Crippen LogP contribution in [0.2, 0.25) is 0 Å². The minimum Gasteiger partial charge on any atom is -0.295 e. The number of hydrogen-bond donors (Lipinski definition) is 0. The van der Waals surface area contributed by atoms with Crippen molar-refractivity contribution in [3.05, 3.63) is 114 Å². The number of sulfone groups is 1. The van der Waals surface area contributed by atoms with Gasteiger partial charge >= 0.3 is 0 Å². The summed E-state index contributed by atoms with van der Waals surface area (Å²) in [5.41, 5.74) is 2.56. The van der Waals surface area contributed by atoms with Gasteiger partial charge in [0.05, 0.1) is 11.0 Å². The Labute approximate surface area is 218 Å². The molecule has 6 heteroatoms. The number of rotatable bonds is 12. The molecule has 0 spiro atoms. The summed E-state index contributed by atoms with van der Waals surface area (Å²) in [5, 5.41) is 10.2. The molecular weight excluding hydrogens is 482 g/mol. The second kappa shape index (κ2) is 12.8. The average Bonchev–Trinajstić information content (AvgIpc) is 2.92. The van der Waals surface area contributed by atoms with Crippen molar-refractivity contribution >= 4 is 33.6 Å². The molecule has 5 nitrogen and oxygen atoms in total. The number of hydrogen-bond acceptors (Lipinski definition) is 5. The third kappa shape index (κ3) is 7.45. The Morgan fingerprint density at radius 3 is 1.59 bits per heavy atom. The lowest BCUT2D eigenvalue weighted by Gasteiger charge is -2.26. The molecule has 0 radical (unpaired) electrons. The predicted octanol–water partition coefficient (Wildman–Crippen LogP) is 6.16. The van der Waals surface area contributed by atoms with Crippen LogP contribution in [0.4, 0.5) is 0 Å². The summed E-state index contributed by atoms with van der Waals surface area (Å²) in [7, 11) is -4.17. The lowest BCUT2D eigenvalue weighted by molar-refractivity contribution is -0.115. The molecule has 0 aromatic heterocycles. The maximum Gasteiger partial charge on any atom is 0.197 e. The molecule has 0 N–H and O–H groups in total. The molecular formula is C31H29NO4S. The third-order valence-corrected chi connectivity index (χ3v) is 8.54. The molecule has 1 unspecified atom stereocenters. The highest BCUT2D eigenvalue weighted by Crippen LogP contribution is 2.35. The second-order valence-electron chi connectivity index (χ2n) is 8.84. The van der Waals surface area contributed by atoms with Gasteiger partial charge in [-0.3, -0.25) is 9.59 Å². The fourth-order valence-electron chi connectivity index (χ4n) is 3.83.